The maximum atomic E-state index is 5.28. The first-order chi connectivity index (χ1) is 28.0. The van der Waals surface area contributed by atoms with Crippen molar-refractivity contribution in [3.8, 4) is 67.3 Å². The Morgan fingerprint density at radius 1 is 0.333 bits per heavy atom. The van der Waals surface area contributed by atoms with Crippen molar-refractivity contribution in [3.05, 3.63) is 205 Å². The summed E-state index contributed by atoms with van der Waals surface area (Å²) in [5.41, 5.74) is 15.1. The fourth-order valence-electron chi connectivity index (χ4n) is 9.22. The third kappa shape index (κ3) is 5.40. The molecule has 1 aliphatic carbocycles. The zero-order valence-corrected chi connectivity index (χ0v) is 31.9. The highest BCUT2D eigenvalue weighted by Gasteiger charge is 2.36. The Hall–Kier alpha value is -7.16. The van der Waals surface area contributed by atoms with E-state index in [1.54, 1.807) is 0 Å². The number of hydrogen-bond acceptors (Lipinski definition) is 2. The molecular formula is C55H38N2. The predicted molar refractivity (Wildman–Crippen MR) is 239 cm³/mol. The van der Waals surface area contributed by atoms with Gasteiger partial charge in [0, 0.05) is 22.1 Å². The van der Waals surface area contributed by atoms with Gasteiger partial charge in [0.25, 0.3) is 0 Å². The fourth-order valence-corrected chi connectivity index (χ4v) is 9.22. The standard InChI is InChI=1S/C55H38N2/c1-55(2)49-31-27-36-15-7-9-22-44(36)53(49)48-28-26-39(33-50(48)55)43-29-30-47(46-24-11-10-23-45(43)46)52-34-51(56-54(57-52)37-16-4-3-5-17-37)40-20-12-19-38(32-40)42-25-13-18-35-14-6-8-21-41(35)42/h3-34H,1-2H3. The van der Waals surface area contributed by atoms with Gasteiger partial charge in [0.2, 0.25) is 0 Å². The van der Waals surface area contributed by atoms with Gasteiger partial charge in [-0.1, -0.05) is 190 Å². The van der Waals surface area contributed by atoms with E-state index in [0.29, 0.717) is 5.82 Å². The van der Waals surface area contributed by atoms with Crippen LogP contribution in [-0.2, 0) is 5.41 Å². The van der Waals surface area contributed by atoms with Crippen LogP contribution in [0.4, 0.5) is 0 Å². The van der Waals surface area contributed by atoms with E-state index in [1.165, 1.54) is 65.9 Å². The average Bonchev–Trinajstić information content (AvgIpc) is 3.51. The minimum Gasteiger partial charge on any atom is -0.228 e. The summed E-state index contributed by atoms with van der Waals surface area (Å²) in [6.07, 6.45) is 0. The van der Waals surface area contributed by atoms with Gasteiger partial charge in [0.15, 0.2) is 5.82 Å². The van der Waals surface area contributed by atoms with Crippen molar-refractivity contribution in [1.82, 2.24) is 9.97 Å². The van der Waals surface area contributed by atoms with Crippen molar-refractivity contribution < 1.29 is 0 Å². The molecule has 0 atom stereocenters. The number of nitrogens with zero attached hydrogens (tertiary/aromatic N) is 2. The Labute approximate surface area is 332 Å². The second kappa shape index (κ2) is 13.0. The van der Waals surface area contributed by atoms with E-state index in [0.717, 1.165) is 39.0 Å². The summed E-state index contributed by atoms with van der Waals surface area (Å²) in [6.45, 7) is 4.73. The normalized spacial score (nSPS) is 12.9. The molecule has 0 radical (unpaired) electrons. The fraction of sp³-hybridized carbons (Fsp3) is 0.0545. The first kappa shape index (κ1) is 33.2. The number of rotatable bonds is 5. The molecule has 2 heteroatoms. The van der Waals surface area contributed by atoms with E-state index in [2.05, 4.69) is 202 Å². The van der Waals surface area contributed by atoms with E-state index in [-0.39, 0.29) is 5.41 Å². The summed E-state index contributed by atoms with van der Waals surface area (Å²) in [4.78, 5) is 10.5. The van der Waals surface area contributed by atoms with Gasteiger partial charge in [-0.05, 0) is 95.0 Å². The molecule has 1 heterocycles. The van der Waals surface area contributed by atoms with Crippen LogP contribution < -0.4 is 0 Å². The Morgan fingerprint density at radius 2 is 0.895 bits per heavy atom. The molecule has 10 aromatic rings. The van der Waals surface area contributed by atoms with Crippen molar-refractivity contribution in [2.75, 3.05) is 0 Å². The molecule has 57 heavy (non-hydrogen) atoms. The van der Waals surface area contributed by atoms with Gasteiger partial charge in [-0.15, -0.1) is 0 Å². The van der Waals surface area contributed by atoms with Crippen LogP contribution in [0.3, 0.4) is 0 Å². The van der Waals surface area contributed by atoms with Crippen molar-refractivity contribution in [2.45, 2.75) is 19.3 Å². The molecule has 1 aliphatic rings. The summed E-state index contributed by atoms with van der Waals surface area (Å²) in [5.74, 6) is 0.708. The molecule has 9 aromatic carbocycles. The SMILES string of the molecule is CC1(C)c2cc(-c3ccc(-c4cc(-c5cccc(-c6cccc7ccccc67)c5)nc(-c5ccccc5)n4)c4ccccc34)ccc2-c2c1ccc1ccccc21. The number of aromatic nitrogens is 2. The predicted octanol–water partition coefficient (Wildman–Crippen LogP) is 14.6. The van der Waals surface area contributed by atoms with E-state index in [9.17, 15) is 0 Å². The van der Waals surface area contributed by atoms with E-state index >= 15 is 0 Å². The quantitative estimate of drug-likeness (QED) is 0.176. The first-order valence-corrected chi connectivity index (χ1v) is 19.7. The molecule has 0 bridgehead atoms. The van der Waals surface area contributed by atoms with E-state index < -0.39 is 0 Å². The topological polar surface area (TPSA) is 25.8 Å². The van der Waals surface area contributed by atoms with Crippen LogP contribution in [0.2, 0.25) is 0 Å². The van der Waals surface area contributed by atoms with Gasteiger partial charge in [0.05, 0.1) is 11.4 Å². The molecule has 0 aliphatic heterocycles. The Bertz CT molecular complexity index is 3210. The summed E-state index contributed by atoms with van der Waals surface area (Å²) in [7, 11) is 0. The van der Waals surface area contributed by atoms with Gasteiger partial charge in [0.1, 0.15) is 0 Å². The molecule has 0 spiro atoms. The maximum absolute atomic E-state index is 5.28. The summed E-state index contributed by atoms with van der Waals surface area (Å²) in [5, 5.41) is 7.44. The van der Waals surface area contributed by atoms with Crippen LogP contribution in [-0.4, -0.2) is 9.97 Å². The number of benzene rings is 9. The van der Waals surface area contributed by atoms with Gasteiger partial charge in [-0.25, -0.2) is 9.97 Å². The lowest BCUT2D eigenvalue weighted by Crippen LogP contribution is -2.15. The molecule has 0 N–H and O–H groups in total. The van der Waals surface area contributed by atoms with Crippen LogP contribution in [0.15, 0.2) is 194 Å². The molecule has 0 unspecified atom stereocenters. The van der Waals surface area contributed by atoms with Crippen LogP contribution in [0.1, 0.15) is 25.0 Å². The highest BCUT2D eigenvalue weighted by Crippen LogP contribution is 2.52. The van der Waals surface area contributed by atoms with Gasteiger partial charge in [-0.3, -0.25) is 0 Å². The van der Waals surface area contributed by atoms with E-state index in [4.69, 9.17) is 9.97 Å². The van der Waals surface area contributed by atoms with Crippen LogP contribution in [0.5, 0.6) is 0 Å². The zero-order valence-electron chi connectivity index (χ0n) is 31.9. The van der Waals surface area contributed by atoms with Crippen LogP contribution >= 0.6 is 0 Å². The zero-order chi connectivity index (χ0) is 38.1. The van der Waals surface area contributed by atoms with Crippen molar-refractivity contribution in [2.24, 2.45) is 0 Å². The van der Waals surface area contributed by atoms with Crippen LogP contribution in [0.25, 0.3) is 99.6 Å². The number of hydrogen-bond donors (Lipinski definition) is 0. The smallest absolute Gasteiger partial charge is 0.160 e. The summed E-state index contributed by atoms with van der Waals surface area (Å²) < 4.78 is 0. The molecule has 2 nitrogen and oxygen atoms in total. The van der Waals surface area contributed by atoms with Crippen LogP contribution in [0, 0.1) is 0 Å². The maximum Gasteiger partial charge on any atom is 0.160 e. The lowest BCUT2D eigenvalue weighted by atomic mass is 9.81. The molecule has 0 saturated carbocycles. The molecular weight excluding hydrogens is 689 g/mol. The third-order valence-electron chi connectivity index (χ3n) is 12.1. The highest BCUT2D eigenvalue weighted by molar-refractivity contribution is 6.07. The lowest BCUT2D eigenvalue weighted by Gasteiger charge is -2.22. The number of fused-ring (bicyclic) bond motifs is 7. The van der Waals surface area contributed by atoms with Crippen molar-refractivity contribution in [3.63, 3.8) is 0 Å². The molecule has 1 aromatic heterocycles. The summed E-state index contributed by atoms with van der Waals surface area (Å²) in [6, 6.07) is 70.1. The molecule has 268 valence electrons. The van der Waals surface area contributed by atoms with Gasteiger partial charge < -0.3 is 0 Å². The van der Waals surface area contributed by atoms with Gasteiger partial charge in [-0.2, -0.15) is 0 Å². The molecule has 0 fully saturated rings. The Balaban J connectivity index is 1.06. The minimum atomic E-state index is -0.115. The monoisotopic (exact) mass is 726 g/mol. The molecule has 0 amide bonds. The second-order valence-electron chi connectivity index (χ2n) is 15.7. The van der Waals surface area contributed by atoms with E-state index in [1.807, 2.05) is 6.07 Å². The first-order valence-electron chi connectivity index (χ1n) is 19.7. The highest BCUT2D eigenvalue weighted by atomic mass is 14.9. The Kier molecular flexibility index (Phi) is 7.55. The van der Waals surface area contributed by atoms with Crippen molar-refractivity contribution >= 4 is 32.3 Å². The second-order valence-corrected chi connectivity index (χ2v) is 15.7. The van der Waals surface area contributed by atoms with Gasteiger partial charge >= 0.3 is 0 Å². The molecule has 0 saturated heterocycles. The average molecular weight is 727 g/mol. The summed E-state index contributed by atoms with van der Waals surface area (Å²) >= 11 is 0. The molecule has 11 rings (SSSR count). The minimum absolute atomic E-state index is 0.115. The van der Waals surface area contributed by atoms with Crippen molar-refractivity contribution in [1.29, 1.82) is 0 Å². The third-order valence-corrected chi connectivity index (χ3v) is 12.1. The lowest BCUT2D eigenvalue weighted by molar-refractivity contribution is 0.661. The largest absolute Gasteiger partial charge is 0.228 e. The Morgan fingerprint density at radius 3 is 1.72 bits per heavy atom.